The summed E-state index contributed by atoms with van der Waals surface area (Å²) in [4.78, 5) is 72.8. The predicted molar refractivity (Wildman–Crippen MR) is 395 cm³/mol. The summed E-state index contributed by atoms with van der Waals surface area (Å²) in [6.07, 6.45) is 61.0. The predicted octanol–water partition coefficient (Wildman–Crippen LogP) is 23.3. The van der Waals surface area contributed by atoms with Crippen LogP contribution in [-0.4, -0.2) is 96.7 Å². The van der Waals surface area contributed by atoms with Crippen molar-refractivity contribution in [3.05, 3.63) is 0 Å². The van der Waals surface area contributed by atoms with E-state index in [0.717, 1.165) is 95.8 Å². The average molecular weight is 1420 g/mol. The van der Waals surface area contributed by atoms with E-state index in [0.29, 0.717) is 25.7 Å². The van der Waals surface area contributed by atoms with E-state index in [9.17, 15) is 43.2 Å². The van der Waals surface area contributed by atoms with Crippen LogP contribution in [0.5, 0.6) is 0 Å². The molecule has 0 bridgehead atoms. The minimum absolute atomic E-state index is 0.107. The normalized spacial score (nSPS) is 14.2. The van der Waals surface area contributed by atoms with Gasteiger partial charge in [-0.1, -0.05) is 362 Å². The SMILES string of the molecule is CCCCCCCCCCCCCCCCCCCCCC(=O)O[C@H](COC(=O)CCCCCCCCCCCCCCCCC(C)CC)COP(=O)(O)OC[C@@H](O)COP(=O)(O)OC[C@@H](COC(=O)CCCCCCCCCCCC)OC(=O)CCCCCCCCCCCC. The first-order chi connectivity index (χ1) is 47.1. The van der Waals surface area contributed by atoms with Gasteiger partial charge in [0.2, 0.25) is 0 Å². The Kier molecular flexibility index (Phi) is 69.6. The van der Waals surface area contributed by atoms with E-state index < -0.39 is 97.5 Å². The van der Waals surface area contributed by atoms with Gasteiger partial charge in [-0.15, -0.1) is 0 Å². The molecule has 0 saturated heterocycles. The van der Waals surface area contributed by atoms with Crippen LogP contribution in [0.2, 0.25) is 0 Å². The summed E-state index contributed by atoms with van der Waals surface area (Å²) >= 11 is 0. The number of aliphatic hydroxyl groups is 1. The van der Waals surface area contributed by atoms with Gasteiger partial charge >= 0.3 is 39.5 Å². The number of phosphoric ester groups is 2. The second-order valence-electron chi connectivity index (χ2n) is 28.3. The minimum atomic E-state index is -4.96. The average Bonchev–Trinajstić information content (AvgIpc) is 1.25. The maximum atomic E-state index is 13.1. The molecule has 6 atom stereocenters. The van der Waals surface area contributed by atoms with Gasteiger partial charge in [0.1, 0.15) is 19.3 Å². The molecule has 19 heteroatoms. The summed E-state index contributed by atoms with van der Waals surface area (Å²) < 4.78 is 68.5. The van der Waals surface area contributed by atoms with Gasteiger partial charge in [-0.2, -0.15) is 0 Å². The lowest BCUT2D eigenvalue weighted by Crippen LogP contribution is -2.30. The number of aliphatic hydroxyl groups excluding tert-OH is 1. The second kappa shape index (κ2) is 71.1. The van der Waals surface area contributed by atoms with Crippen LogP contribution in [-0.2, 0) is 65.4 Å². The second-order valence-corrected chi connectivity index (χ2v) is 31.3. The fourth-order valence-electron chi connectivity index (χ4n) is 12.0. The Balaban J connectivity index is 5.20. The molecule has 0 aliphatic rings. The van der Waals surface area contributed by atoms with Crippen molar-refractivity contribution in [2.75, 3.05) is 39.6 Å². The summed E-state index contributed by atoms with van der Waals surface area (Å²) in [7, 11) is -9.91. The molecule has 0 saturated carbocycles. The zero-order chi connectivity index (χ0) is 71.2. The Bertz CT molecular complexity index is 1860. The lowest BCUT2D eigenvalue weighted by Gasteiger charge is -2.21. The number of carbonyl (C=O) groups is 4. The zero-order valence-electron chi connectivity index (χ0n) is 63.2. The topological polar surface area (TPSA) is 237 Å². The van der Waals surface area contributed by atoms with Gasteiger partial charge in [0, 0.05) is 25.7 Å². The van der Waals surface area contributed by atoms with Gasteiger partial charge < -0.3 is 33.8 Å². The maximum absolute atomic E-state index is 13.1. The zero-order valence-corrected chi connectivity index (χ0v) is 65.0. The fourth-order valence-corrected chi connectivity index (χ4v) is 13.6. The molecule has 0 heterocycles. The molecular weight excluding hydrogens is 1270 g/mol. The number of carbonyl (C=O) groups excluding carboxylic acids is 4. The molecule has 0 fully saturated rings. The third-order valence-corrected chi connectivity index (χ3v) is 20.5. The standard InChI is InChI=1S/C78H152O17P2/c1-6-10-13-16-19-22-25-26-27-28-29-30-31-36-39-44-49-54-59-64-78(83)95-74(68-89-76(81)62-57-52-47-43-38-35-33-32-34-37-40-45-50-55-60-71(5)9-4)70-93-97(86,87)91-66-72(79)65-90-96(84,85)92-69-73(94-77(82)63-58-53-48-42-24-21-18-15-12-8-3)67-88-75(80)61-56-51-46-41-23-20-17-14-11-7-2/h71-74,79H,6-70H2,1-5H3,(H,84,85)(H,86,87)/t71?,72-,73+,74+/m0/s1. The number of hydrogen-bond donors (Lipinski definition) is 3. The summed E-state index contributed by atoms with van der Waals surface area (Å²) in [5.74, 6) is -1.26. The van der Waals surface area contributed by atoms with Gasteiger partial charge in [-0.3, -0.25) is 37.3 Å². The summed E-state index contributed by atoms with van der Waals surface area (Å²) in [5, 5.41) is 10.6. The smallest absolute Gasteiger partial charge is 0.462 e. The van der Waals surface area contributed by atoms with E-state index in [1.807, 2.05) is 0 Å². The van der Waals surface area contributed by atoms with Crippen molar-refractivity contribution >= 4 is 39.5 Å². The molecule has 0 amide bonds. The molecular formula is C78H152O17P2. The van der Waals surface area contributed by atoms with Crippen molar-refractivity contribution < 1.29 is 80.2 Å². The van der Waals surface area contributed by atoms with Gasteiger partial charge in [0.05, 0.1) is 26.4 Å². The molecule has 0 aromatic carbocycles. The first kappa shape index (κ1) is 95.1. The molecule has 0 aliphatic heterocycles. The Hall–Kier alpha value is -1.94. The summed E-state index contributed by atoms with van der Waals surface area (Å²) in [6, 6.07) is 0. The van der Waals surface area contributed by atoms with Crippen LogP contribution in [0.1, 0.15) is 413 Å². The first-order valence-corrected chi connectivity index (χ1v) is 43.7. The molecule has 0 rings (SSSR count). The fraction of sp³-hybridized carbons (Fsp3) is 0.949. The molecule has 0 aromatic rings. The Morgan fingerprint density at radius 2 is 0.495 bits per heavy atom. The van der Waals surface area contributed by atoms with E-state index in [1.165, 1.54) is 238 Å². The van der Waals surface area contributed by atoms with Crippen molar-refractivity contribution in [1.29, 1.82) is 0 Å². The number of phosphoric acid groups is 2. The molecule has 576 valence electrons. The maximum Gasteiger partial charge on any atom is 0.472 e. The molecule has 0 aliphatic carbocycles. The number of rotatable bonds is 78. The largest absolute Gasteiger partial charge is 0.472 e. The van der Waals surface area contributed by atoms with Crippen molar-refractivity contribution in [1.82, 2.24) is 0 Å². The van der Waals surface area contributed by atoms with Crippen LogP contribution < -0.4 is 0 Å². The van der Waals surface area contributed by atoms with E-state index in [2.05, 4.69) is 34.6 Å². The molecule has 0 aromatic heterocycles. The summed E-state index contributed by atoms with van der Waals surface area (Å²) in [5.41, 5.74) is 0. The third-order valence-electron chi connectivity index (χ3n) is 18.6. The Labute approximate surface area is 594 Å². The molecule has 0 spiro atoms. The lowest BCUT2D eigenvalue weighted by atomic mass is 9.99. The van der Waals surface area contributed by atoms with E-state index in [4.69, 9.17) is 37.0 Å². The molecule has 3 N–H and O–H groups in total. The molecule has 0 radical (unpaired) electrons. The highest BCUT2D eigenvalue weighted by Gasteiger charge is 2.30. The monoisotopic (exact) mass is 1420 g/mol. The molecule has 3 unspecified atom stereocenters. The van der Waals surface area contributed by atoms with Crippen LogP contribution in [0.4, 0.5) is 0 Å². The van der Waals surface area contributed by atoms with Crippen molar-refractivity contribution in [3.63, 3.8) is 0 Å². The van der Waals surface area contributed by atoms with Gasteiger partial charge in [0.15, 0.2) is 12.2 Å². The third kappa shape index (κ3) is 70.9. The van der Waals surface area contributed by atoms with Crippen molar-refractivity contribution in [2.24, 2.45) is 5.92 Å². The van der Waals surface area contributed by atoms with Gasteiger partial charge in [-0.05, 0) is 31.6 Å². The van der Waals surface area contributed by atoms with Gasteiger partial charge in [0.25, 0.3) is 0 Å². The van der Waals surface area contributed by atoms with Crippen LogP contribution in [0.3, 0.4) is 0 Å². The number of unbranched alkanes of at least 4 members (excludes halogenated alkanes) is 49. The van der Waals surface area contributed by atoms with Crippen molar-refractivity contribution in [2.45, 2.75) is 432 Å². The highest BCUT2D eigenvalue weighted by Crippen LogP contribution is 2.45. The Morgan fingerprint density at radius 3 is 0.732 bits per heavy atom. The minimum Gasteiger partial charge on any atom is -0.462 e. The van der Waals surface area contributed by atoms with Crippen LogP contribution in [0.15, 0.2) is 0 Å². The van der Waals surface area contributed by atoms with Crippen LogP contribution in [0.25, 0.3) is 0 Å². The number of ether oxygens (including phenoxy) is 4. The summed E-state index contributed by atoms with van der Waals surface area (Å²) in [6.45, 7) is 7.35. The highest BCUT2D eigenvalue weighted by molar-refractivity contribution is 7.47. The molecule has 97 heavy (non-hydrogen) atoms. The highest BCUT2D eigenvalue weighted by atomic mass is 31.2. The van der Waals surface area contributed by atoms with E-state index >= 15 is 0 Å². The van der Waals surface area contributed by atoms with Crippen molar-refractivity contribution in [3.8, 4) is 0 Å². The Morgan fingerprint density at radius 1 is 0.289 bits per heavy atom. The van der Waals surface area contributed by atoms with Gasteiger partial charge in [-0.25, -0.2) is 9.13 Å². The number of esters is 4. The van der Waals surface area contributed by atoms with Crippen LogP contribution >= 0.6 is 15.6 Å². The quantitative estimate of drug-likeness (QED) is 0.0222. The van der Waals surface area contributed by atoms with Crippen LogP contribution in [0, 0.1) is 5.92 Å². The number of hydrogen-bond acceptors (Lipinski definition) is 15. The lowest BCUT2D eigenvalue weighted by molar-refractivity contribution is -0.161. The van der Waals surface area contributed by atoms with E-state index in [-0.39, 0.29) is 25.7 Å². The molecule has 17 nitrogen and oxygen atoms in total. The van der Waals surface area contributed by atoms with E-state index in [1.54, 1.807) is 0 Å². The first-order valence-electron chi connectivity index (χ1n) is 40.7.